The van der Waals surface area contributed by atoms with Gasteiger partial charge in [-0.25, -0.2) is 0 Å². The molecule has 0 atom stereocenters. The van der Waals surface area contributed by atoms with E-state index in [1.54, 1.807) is 0 Å². The molecule has 2 aromatic rings. The predicted octanol–water partition coefficient (Wildman–Crippen LogP) is 5.22. The minimum atomic E-state index is 1.06. The highest BCUT2D eigenvalue weighted by Gasteiger charge is 2.14. The van der Waals surface area contributed by atoms with Crippen LogP contribution in [0, 0.1) is 0 Å². The van der Waals surface area contributed by atoms with E-state index in [0.29, 0.717) is 0 Å². The average Bonchev–Trinajstić information content (AvgIpc) is 2.45. The van der Waals surface area contributed by atoms with E-state index in [4.69, 9.17) is 0 Å². The van der Waals surface area contributed by atoms with Crippen LogP contribution in [-0.2, 0) is 6.42 Å². The summed E-state index contributed by atoms with van der Waals surface area (Å²) in [5.41, 5.74) is 5.73. The fourth-order valence-corrected chi connectivity index (χ4v) is 2.93. The lowest BCUT2D eigenvalue weighted by atomic mass is 9.85. The fourth-order valence-electron chi connectivity index (χ4n) is 2.93. The zero-order valence-electron chi connectivity index (χ0n) is 11.0. The summed E-state index contributed by atoms with van der Waals surface area (Å²) in [4.78, 5) is 0. The van der Waals surface area contributed by atoms with Gasteiger partial charge in [0.2, 0.25) is 0 Å². The number of benzene rings is 2. The Labute approximate surface area is 109 Å². The second-order valence-corrected chi connectivity index (χ2v) is 4.82. The number of aryl methyl sites for hydroxylation is 1. The molecule has 0 saturated heterocycles. The Hall–Kier alpha value is -1.82. The molecule has 2 aromatic carbocycles. The summed E-state index contributed by atoms with van der Waals surface area (Å²) in [5.74, 6) is 0. The lowest BCUT2D eigenvalue weighted by molar-refractivity contribution is 1.16. The van der Waals surface area contributed by atoms with Gasteiger partial charge in [0.05, 0.1) is 0 Å². The number of rotatable bonds is 1. The Morgan fingerprint density at radius 1 is 1.17 bits per heavy atom. The molecule has 0 heteroatoms. The molecule has 1 aliphatic carbocycles. The first-order chi connectivity index (χ1) is 8.85. The average molecular weight is 234 g/mol. The molecule has 1 aliphatic rings. The Morgan fingerprint density at radius 3 is 2.83 bits per heavy atom. The third kappa shape index (κ3) is 1.60. The number of fused-ring (bicyclic) bond motifs is 3. The molecule has 0 amide bonds. The first-order valence-corrected chi connectivity index (χ1v) is 6.72. The van der Waals surface area contributed by atoms with Crippen molar-refractivity contribution in [3.63, 3.8) is 0 Å². The minimum absolute atomic E-state index is 1.06. The molecule has 18 heavy (non-hydrogen) atoms. The van der Waals surface area contributed by atoms with E-state index >= 15 is 0 Å². The second kappa shape index (κ2) is 4.45. The van der Waals surface area contributed by atoms with Crippen molar-refractivity contribution in [2.75, 3.05) is 0 Å². The van der Waals surface area contributed by atoms with E-state index in [-0.39, 0.29) is 0 Å². The normalized spacial score (nSPS) is 16.2. The first-order valence-electron chi connectivity index (χ1n) is 6.72. The van der Waals surface area contributed by atoms with Crippen LogP contribution in [0.25, 0.3) is 22.4 Å². The molecular weight excluding hydrogens is 216 g/mol. The maximum Gasteiger partial charge on any atom is -0.00706 e. The lowest BCUT2D eigenvalue weighted by Crippen LogP contribution is -1.97. The fraction of sp³-hybridized carbons (Fsp3) is 0.222. The molecule has 0 heterocycles. The lowest BCUT2D eigenvalue weighted by Gasteiger charge is -2.19. The molecule has 0 unspecified atom stereocenters. The zero-order chi connectivity index (χ0) is 12.5. The second-order valence-electron chi connectivity index (χ2n) is 4.82. The van der Waals surface area contributed by atoms with Crippen LogP contribution >= 0.6 is 0 Å². The van der Waals surface area contributed by atoms with Gasteiger partial charge in [-0.15, -0.1) is 0 Å². The highest BCUT2D eigenvalue weighted by atomic mass is 14.2. The van der Waals surface area contributed by atoms with E-state index in [1.807, 2.05) is 0 Å². The highest BCUT2D eigenvalue weighted by Crippen LogP contribution is 2.36. The van der Waals surface area contributed by atoms with Gasteiger partial charge in [-0.2, -0.15) is 0 Å². The van der Waals surface area contributed by atoms with Crippen molar-refractivity contribution in [1.29, 1.82) is 0 Å². The molecule has 0 nitrogen and oxygen atoms in total. The molecular formula is C18H18. The van der Waals surface area contributed by atoms with Gasteiger partial charge < -0.3 is 0 Å². The van der Waals surface area contributed by atoms with Gasteiger partial charge in [-0.05, 0) is 52.8 Å². The van der Waals surface area contributed by atoms with Gasteiger partial charge in [0, 0.05) is 0 Å². The van der Waals surface area contributed by atoms with E-state index < -0.39 is 0 Å². The van der Waals surface area contributed by atoms with E-state index in [9.17, 15) is 0 Å². The minimum Gasteiger partial charge on any atom is -0.0835 e. The molecule has 0 aliphatic heterocycles. The van der Waals surface area contributed by atoms with Crippen LogP contribution in [0.1, 0.15) is 37.0 Å². The quantitative estimate of drug-likeness (QED) is 0.634. The van der Waals surface area contributed by atoms with E-state index in [0.717, 1.165) is 12.8 Å². The summed E-state index contributed by atoms with van der Waals surface area (Å²) >= 11 is 0. The van der Waals surface area contributed by atoms with Gasteiger partial charge in [-0.1, -0.05) is 55.5 Å². The molecule has 0 aromatic heterocycles. The molecule has 0 radical (unpaired) electrons. The molecule has 0 saturated carbocycles. The van der Waals surface area contributed by atoms with Gasteiger partial charge in [-0.3, -0.25) is 0 Å². The smallest absolute Gasteiger partial charge is 0.00706 e. The Balaban J connectivity index is 2.46. The molecule has 0 N–H and O–H groups in total. The van der Waals surface area contributed by atoms with Crippen LogP contribution in [0.2, 0.25) is 0 Å². The number of hydrogen-bond donors (Lipinski definition) is 0. The van der Waals surface area contributed by atoms with Crippen molar-refractivity contribution < 1.29 is 0 Å². The van der Waals surface area contributed by atoms with Gasteiger partial charge in [0.1, 0.15) is 0 Å². The van der Waals surface area contributed by atoms with Crippen molar-refractivity contribution in [3.8, 4) is 0 Å². The zero-order valence-corrected chi connectivity index (χ0v) is 11.0. The first kappa shape index (κ1) is 11.3. The highest BCUT2D eigenvalue weighted by molar-refractivity contribution is 6.00. The van der Waals surface area contributed by atoms with Gasteiger partial charge in [0.15, 0.2) is 0 Å². The summed E-state index contributed by atoms with van der Waals surface area (Å²) in [5, 5.41) is 2.82. The van der Waals surface area contributed by atoms with Crippen molar-refractivity contribution in [2.45, 2.75) is 26.7 Å². The largest absolute Gasteiger partial charge is 0.0835 e. The van der Waals surface area contributed by atoms with Crippen LogP contribution < -0.4 is 0 Å². The summed E-state index contributed by atoms with van der Waals surface area (Å²) < 4.78 is 0. The Kier molecular flexibility index (Phi) is 2.79. The predicted molar refractivity (Wildman–Crippen MR) is 80.6 cm³/mol. The summed E-state index contributed by atoms with van der Waals surface area (Å²) in [7, 11) is 0. The Morgan fingerprint density at radius 2 is 2.06 bits per heavy atom. The molecule has 3 rings (SSSR count). The summed E-state index contributed by atoms with van der Waals surface area (Å²) in [6.45, 7) is 4.38. The maximum atomic E-state index is 2.26. The molecule has 90 valence electrons. The van der Waals surface area contributed by atoms with Crippen LogP contribution in [0.4, 0.5) is 0 Å². The van der Waals surface area contributed by atoms with E-state index in [1.165, 1.54) is 33.0 Å². The van der Waals surface area contributed by atoms with Crippen LogP contribution in [0.15, 0.2) is 42.5 Å². The van der Waals surface area contributed by atoms with Crippen LogP contribution in [0.3, 0.4) is 0 Å². The summed E-state index contributed by atoms with van der Waals surface area (Å²) in [6, 6.07) is 11.1. The topological polar surface area (TPSA) is 0 Å². The van der Waals surface area contributed by atoms with Crippen LogP contribution in [-0.4, -0.2) is 0 Å². The molecule has 0 spiro atoms. The van der Waals surface area contributed by atoms with E-state index in [2.05, 4.69) is 62.4 Å². The third-order valence-corrected chi connectivity index (χ3v) is 3.85. The Bertz CT molecular complexity index is 657. The van der Waals surface area contributed by atoms with Crippen molar-refractivity contribution in [2.24, 2.45) is 0 Å². The van der Waals surface area contributed by atoms with Crippen molar-refractivity contribution in [3.05, 3.63) is 59.2 Å². The van der Waals surface area contributed by atoms with Gasteiger partial charge in [0.25, 0.3) is 0 Å². The monoisotopic (exact) mass is 234 g/mol. The van der Waals surface area contributed by atoms with Crippen LogP contribution in [0.5, 0.6) is 0 Å². The summed E-state index contributed by atoms with van der Waals surface area (Å²) in [6.07, 6.45) is 8.93. The standard InChI is InChI=1S/C18H18/c1-3-13-7-5-9-15-11-12-16-10-6-8-14(4-2)18(16)17(13)15/h3,5-6,8-12H,4,7H2,1-2H3. The maximum absolute atomic E-state index is 2.26. The number of allylic oxidation sites excluding steroid dienone is 3. The van der Waals surface area contributed by atoms with Crippen molar-refractivity contribution in [1.82, 2.24) is 0 Å². The third-order valence-electron chi connectivity index (χ3n) is 3.85. The van der Waals surface area contributed by atoms with Crippen molar-refractivity contribution >= 4 is 22.4 Å². The number of hydrogen-bond acceptors (Lipinski definition) is 0. The SMILES string of the molecule is CC=C1CC=Cc2ccc3cccc(CC)c3c21. The molecule has 0 fully saturated rings. The van der Waals surface area contributed by atoms with Gasteiger partial charge >= 0.3 is 0 Å². The molecule has 0 bridgehead atoms.